The molecule has 0 aliphatic heterocycles. The number of hydrogen-bond donors (Lipinski definition) is 1. The lowest BCUT2D eigenvalue weighted by molar-refractivity contribution is 0.0955. The van der Waals surface area contributed by atoms with Crippen LogP contribution in [0, 0.1) is 13.8 Å². The molecule has 0 bridgehead atoms. The van der Waals surface area contributed by atoms with Crippen molar-refractivity contribution in [1.29, 1.82) is 0 Å². The Balaban J connectivity index is 2.83. The van der Waals surface area contributed by atoms with Crippen LogP contribution < -0.4 is 5.32 Å². The Hall–Kier alpha value is -0.970. The van der Waals surface area contributed by atoms with Gasteiger partial charge in [-0.25, -0.2) is 0 Å². The van der Waals surface area contributed by atoms with Gasteiger partial charge >= 0.3 is 0 Å². The molecule has 0 aliphatic carbocycles. The maximum atomic E-state index is 11.6. The van der Waals surface area contributed by atoms with Gasteiger partial charge in [-0.2, -0.15) is 10.2 Å². The minimum atomic E-state index is -0.0973. The van der Waals surface area contributed by atoms with Crippen molar-refractivity contribution in [1.82, 2.24) is 15.5 Å². The third-order valence-corrected chi connectivity index (χ3v) is 2.12. The molecular weight excluding hydrogens is 246 g/mol. The molecule has 1 aromatic heterocycles. The summed E-state index contributed by atoms with van der Waals surface area (Å²) < 4.78 is 0. The Morgan fingerprint density at radius 1 is 1.50 bits per heavy atom. The molecular formula is C9H12BrN3O. The number of aryl methyl sites for hydroxylation is 2. The quantitative estimate of drug-likeness (QED) is 0.829. The Labute approximate surface area is 91.2 Å². The third kappa shape index (κ3) is 2.77. The zero-order valence-corrected chi connectivity index (χ0v) is 9.76. The van der Waals surface area contributed by atoms with Crippen molar-refractivity contribution in [3.8, 4) is 0 Å². The van der Waals surface area contributed by atoms with Crippen molar-refractivity contribution in [2.45, 2.75) is 13.8 Å². The fourth-order valence-corrected chi connectivity index (χ4v) is 1.23. The second-order valence-corrected chi connectivity index (χ2v) is 3.72. The smallest absolute Gasteiger partial charge is 0.253 e. The number of aromatic nitrogens is 2. The molecule has 1 aromatic rings. The van der Waals surface area contributed by atoms with Gasteiger partial charge in [0.05, 0.1) is 17.0 Å². The topological polar surface area (TPSA) is 54.9 Å². The SMILES string of the molecule is Cc1cc(C(=O)NCCBr)c(C)nn1. The lowest BCUT2D eigenvalue weighted by Gasteiger charge is -2.05. The van der Waals surface area contributed by atoms with Gasteiger partial charge in [-0.05, 0) is 19.9 Å². The monoisotopic (exact) mass is 257 g/mol. The van der Waals surface area contributed by atoms with E-state index in [0.717, 1.165) is 11.0 Å². The van der Waals surface area contributed by atoms with E-state index in [9.17, 15) is 4.79 Å². The molecule has 0 aliphatic rings. The molecule has 0 aromatic carbocycles. The highest BCUT2D eigenvalue weighted by molar-refractivity contribution is 9.09. The summed E-state index contributed by atoms with van der Waals surface area (Å²) in [7, 11) is 0. The molecule has 0 atom stereocenters. The summed E-state index contributed by atoms with van der Waals surface area (Å²) in [6.45, 7) is 4.20. The molecule has 1 amide bonds. The van der Waals surface area contributed by atoms with Gasteiger partial charge < -0.3 is 5.32 Å². The molecule has 0 fully saturated rings. The molecule has 1 N–H and O–H groups in total. The zero-order valence-electron chi connectivity index (χ0n) is 8.17. The first kappa shape index (κ1) is 11.1. The van der Waals surface area contributed by atoms with Gasteiger partial charge in [0.15, 0.2) is 0 Å². The van der Waals surface area contributed by atoms with Crippen LogP contribution in [0.2, 0.25) is 0 Å². The summed E-state index contributed by atoms with van der Waals surface area (Å²) >= 11 is 3.24. The molecule has 76 valence electrons. The number of nitrogens with one attached hydrogen (secondary N) is 1. The van der Waals surface area contributed by atoms with E-state index in [4.69, 9.17) is 0 Å². The van der Waals surface area contributed by atoms with E-state index in [1.54, 1.807) is 13.0 Å². The van der Waals surface area contributed by atoms with Crippen LogP contribution in [0.25, 0.3) is 0 Å². The second-order valence-electron chi connectivity index (χ2n) is 2.93. The summed E-state index contributed by atoms with van der Waals surface area (Å²) in [5.41, 5.74) is 2.00. The number of carbonyl (C=O) groups excluding carboxylic acids is 1. The van der Waals surface area contributed by atoms with Gasteiger partial charge in [-0.1, -0.05) is 15.9 Å². The normalized spacial score (nSPS) is 9.93. The van der Waals surface area contributed by atoms with Crippen LogP contribution >= 0.6 is 15.9 Å². The van der Waals surface area contributed by atoms with E-state index < -0.39 is 0 Å². The Bertz CT molecular complexity index is 341. The van der Waals surface area contributed by atoms with Gasteiger partial charge in [0.1, 0.15) is 0 Å². The van der Waals surface area contributed by atoms with E-state index in [2.05, 4.69) is 31.4 Å². The van der Waals surface area contributed by atoms with Crippen molar-refractivity contribution < 1.29 is 4.79 Å². The summed E-state index contributed by atoms with van der Waals surface area (Å²) in [5, 5.41) is 11.3. The van der Waals surface area contributed by atoms with E-state index in [1.807, 2.05) is 6.92 Å². The number of rotatable bonds is 3. The molecule has 1 heterocycles. The number of amides is 1. The van der Waals surface area contributed by atoms with Crippen LogP contribution in [-0.4, -0.2) is 28.0 Å². The molecule has 0 saturated carbocycles. The highest BCUT2D eigenvalue weighted by atomic mass is 79.9. The fraction of sp³-hybridized carbons (Fsp3) is 0.444. The predicted molar refractivity (Wildman–Crippen MR) is 57.6 cm³/mol. The van der Waals surface area contributed by atoms with Gasteiger partial charge in [0.25, 0.3) is 5.91 Å². The number of alkyl halides is 1. The Morgan fingerprint density at radius 3 is 2.86 bits per heavy atom. The van der Waals surface area contributed by atoms with Crippen LogP contribution in [0.1, 0.15) is 21.7 Å². The Kier molecular flexibility index (Phi) is 4.00. The lowest BCUT2D eigenvalue weighted by Crippen LogP contribution is -2.26. The summed E-state index contributed by atoms with van der Waals surface area (Å²) in [5.74, 6) is -0.0973. The third-order valence-electron chi connectivity index (χ3n) is 1.73. The van der Waals surface area contributed by atoms with E-state index >= 15 is 0 Å². The van der Waals surface area contributed by atoms with Crippen LogP contribution in [0.4, 0.5) is 0 Å². The molecule has 14 heavy (non-hydrogen) atoms. The molecule has 0 radical (unpaired) electrons. The summed E-state index contributed by atoms with van der Waals surface area (Å²) in [6.07, 6.45) is 0. The number of hydrogen-bond acceptors (Lipinski definition) is 3. The molecule has 5 heteroatoms. The van der Waals surface area contributed by atoms with Crippen molar-refractivity contribution in [2.75, 3.05) is 11.9 Å². The van der Waals surface area contributed by atoms with Crippen molar-refractivity contribution in [2.24, 2.45) is 0 Å². The fourth-order valence-electron chi connectivity index (χ4n) is 1.04. The number of nitrogens with zero attached hydrogens (tertiary/aromatic N) is 2. The van der Waals surface area contributed by atoms with Crippen molar-refractivity contribution in [3.05, 3.63) is 23.0 Å². The summed E-state index contributed by atoms with van der Waals surface area (Å²) in [4.78, 5) is 11.6. The van der Waals surface area contributed by atoms with Gasteiger partial charge in [-0.3, -0.25) is 4.79 Å². The zero-order chi connectivity index (χ0) is 10.6. The van der Waals surface area contributed by atoms with E-state index in [1.165, 1.54) is 0 Å². The van der Waals surface area contributed by atoms with Gasteiger partial charge in [0, 0.05) is 11.9 Å². The first-order valence-corrected chi connectivity index (χ1v) is 5.42. The van der Waals surface area contributed by atoms with Crippen LogP contribution in [-0.2, 0) is 0 Å². The molecule has 0 saturated heterocycles. The summed E-state index contributed by atoms with van der Waals surface area (Å²) in [6, 6.07) is 1.74. The minimum Gasteiger partial charge on any atom is -0.351 e. The van der Waals surface area contributed by atoms with Crippen molar-refractivity contribution in [3.63, 3.8) is 0 Å². The average Bonchev–Trinajstić information content (AvgIpc) is 2.18. The average molecular weight is 258 g/mol. The molecule has 1 rings (SSSR count). The van der Waals surface area contributed by atoms with Crippen molar-refractivity contribution >= 4 is 21.8 Å². The minimum absolute atomic E-state index is 0.0973. The highest BCUT2D eigenvalue weighted by Gasteiger charge is 2.09. The van der Waals surface area contributed by atoms with Crippen LogP contribution in [0.3, 0.4) is 0 Å². The van der Waals surface area contributed by atoms with Crippen LogP contribution in [0.15, 0.2) is 6.07 Å². The largest absolute Gasteiger partial charge is 0.351 e. The lowest BCUT2D eigenvalue weighted by atomic mass is 10.2. The van der Waals surface area contributed by atoms with Gasteiger partial charge in [-0.15, -0.1) is 0 Å². The highest BCUT2D eigenvalue weighted by Crippen LogP contribution is 2.04. The first-order chi connectivity index (χ1) is 6.65. The maximum absolute atomic E-state index is 11.6. The van der Waals surface area contributed by atoms with E-state index in [0.29, 0.717) is 17.8 Å². The standard InChI is InChI=1S/C9H12BrN3O/c1-6-5-8(7(2)13-12-6)9(14)11-4-3-10/h5H,3-4H2,1-2H3,(H,11,14). The number of halogens is 1. The first-order valence-electron chi connectivity index (χ1n) is 4.30. The van der Waals surface area contributed by atoms with Gasteiger partial charge in [0.2, 0.25) is 0 Å². The molecule has 0 spiro atoms. The second kappa shape index (κ2) is 5.05. The maximum Gasteiger partial charge on any atom is 0.253 e. The Morgan fingerprint density at radius 2 is 2.21 bits per heavy atom. The van der Waals surface area contributed by atoms with E-state index in [-0.39, 0.29) is 5.91 Å². The predicted octanol–water partition coefficient (Wildman–Crippen LogP) is 1.22. The van der Waals surface area contributed by atoms with Crippen LogP contribution in [0.5, 0.6) is 0 Å². The molecule has 0 unspecified atom stereocenters. The molecule has 4 nitrogen and oxygen atoms in total. The number of carbonyl (C=O) groups is 1.